The Bertz CT molecular complexity index is 405. The molecule has 1 aliphatic heterocycles. The molecule has 0 spiro atoms. The molecule has 2 N–H and O–H groups in total. The number of nitrogens with zero attached hydrogens (tertiary/aromatic N) is 1. The quantitative estimate of drug-likeness (QED) is 0.820. The van der Waals surface area contributed by atoms with Gasteiger partial charge in [0, 0.05) is 18.8 Å². The lowest BCUT2D eigenvalue weighted by atomic mass is 10.1. The van der Waals surface area contributed by atoms with Crippen LogP contribution in [0.1, 0.15) is 5.56 Å². The van der Waals surface area contributed by atoms with Crippen LogP contribution in [-0.4, -0.2) is 31.3 Å². The Labute approximate surface area is 105 Å². The van der Waals surface area contributed by atoms with Gasteiger partial charge in [0.05, 0.1) is 23.8 Å². The van der Waals surface area contributed by atoms with E-state index < -0.39 is 0 Å². The molecule has 1 saturated heterocycles. The van der Waals surface area contributed by atoms with Crippen LogP contribution in [0.3, 0.4) is 0 Å². The molecule has 1 heterocycles. The van der Waals surface area contributed by atoms with Crippen molar-refractivity contribution in [3.05, 3.63) is 28.8 Å². The van der Waals surface area contributed by atoms with Crippen LogP contribution in [0.4, 0.5) is 5.69 Å². The second-order valence-electron chi connectivity index (χ2n) is 3.60. The Balaban J connectivity index is 2.38. The van der Waals surface area contributed by atoms with E-state index in [1.807, 2.05) is 12.1 Å². The highest BCUT2D eigenvalue weighted by atomic mass is 35.5. The third-order valence-corrected chi connectivity index (χ3v) is 3.11. The zero-order valence-electron chi connectivity index (χ0n) is 8.78. The molecule has 1 aliphatic rings. The van der Waals surface area contributed by atoms with Crippen molar-refractivity contribution in [2.24, 2.45) is 5.73 Å². The van der Waals surface area contributed by atoms with Gasteiger partial charge in [-0.05, 0) is 12.1 Å². The average Bonchev–Trinajstić information content (AvgIpc) is 2.29. The number of nitrogens with two attached hydrogens (primary N) is 1. The van der Waals surface area contributed by atoms with Crippen LogP contribution in [0, 0.1) is 0 Å². The molecule has 0 aliphatic carbocycles. The molecule has 16 heavy (non-hydrogen) atoms. The summed E-state index contributed by atoms with van der Waals surface area (Å²) in [5.41, 5.74) is 7.48. The Morgan fingerprint density at radius 1 is 1.38 bits per heavy atom. The second kappa shape index (κ2) is 4.99. The topological polar surface area (TPSA) is 38.5 Å². The van der Waals surface area contributed by atoms with Crippen LogP contribution in [0.2, 0.25) is 5.02 Å². The van der Waals surface area contributed by atoms with Crippen molar-refractivity contribution >= 4 is 34.5 Å². The lowest BCUT2D eigenvalue weighted by molar-refractivity contribution is 0.122. The molecule has 0 radical (unpaired) electrons. The number of thiocarbonyl (C=S) groups is 1. The third-order valence-electron chi connectivity index (χ3n) is 2.59. The number of anilines is 1. The number of halogens is 1. The van der Waals surface area contributed by atoms with Crippen LogP contribution >= 0.6 is 23.8 Å². The van der Waals surface area contributed by atoms with Crippen molar-refractivity contribution in [1.82, 2.24) is 0 Å². The molecule has 5 heteroatoms. The predicted molar refractivity (Wildman–Crippen MR) is 70.4 cm³/mol. The smallest absolute Gasteiger partial charge is 0.107 e. The summed E-state index contributed by atoms with van der Waals surface area (Å²) >= 11 is 11.2. The van der Waals surface area contributed by atoms with Crippen molar-refractivity contribution in [1.29, 1.82) is 0 Å². The van der Waals surface area contributed by atoms with E-state index in [9.17, 15) is 0 Å². The van der Waals surface area contributed by atoms with Crippen LogP contribution in [-0.2, 0) is 4.74 Å². The molecule has 1 fully saturated rings. The fourth-order valence-corrected chi connectivity index (χ4v) is 2.37. The number of hydrogen-bond donors (Lipinski definition) is 1. The van der Waals surface area contributed by atoms with Gasteiger partial charge in [0.2, 0.25) is 0 Å². The maximum absolute atomic E-state index is 6.12. The SMILES string of the molecule is NC(=S)c1c(Cl)cccc1N1CCOCC1. The normalized spacial score (nSPS) is 16.2. The Hall–Kier alpha value is -0.840. The van der Waals surface area contributed by atoms with Gasteiger partial charge < -0.3 is 15.4 Å². The first-order valence-electron chi connectivity index (χ1n) is 5.11. The third kappa shape index (κ3) is 2.29. The first-order chi connectivity index (χ1) is 7.70. The van der Waals surface area contributed by atoms with Crippen LogP contribution < -0.4 is 10.6 Å². The van der Waals surface area contributed by atoms with Crippen molar-refractivity contribution < 1.29 is 4.74 Å². The molecular formula is C11H13ClN2OS. The molecule has 0 bridgehead atoms. The first-order valence-corrected chi connectivity index (χ1v) is 5.90. The van der Waals surface area contributed by atoms with E-state index in [0.717, 1.165) is 37.6 Å². The summed E-state index contributed by atoms with van der Waals surface area (Å²) in [7, 11) is 0. The predicted octanol–water partition coefficient (Wildman–Crippen LogP) is 1.81. The Morgan fingerprint density at radius 2 is 2.06 bits per heavy atom. The molecule has 0 atom stereocenters. The molecule has 0 aromatic heterocycles. The van der Waals surface area contributed by atoms with Crippen LogP contribution in [0.25, 0.3) is 0 Å². The minimum Gasteiger partial charge on any atom is -0.389 e. The monoisotopic (exact) mass is 256 g/mol. The van der Waals surface area contributed by atoms with E-state index in [-0.39, 0.29) is 0 Å². The lowest BCUT2D eigenvalue weighted by Crippen LogP contribution is -2.37. The van der Waals surface area contributed by atoms with Gasteiger partial charge in [0.1, 0.15) is 4.99 Å². The average molecular weight is 257 g/mol. The number of rotatable bonds is 2. The molecular weight excluding hydrogens is 244 g/mol. The van der Waals surface area contributed by atoms with Gasteiger partial charge in [0.25, 0.3) is 0 Å². The van der Waals surface area contributed by atoms with Crippen molar-refractivity contribution in [2.45, 2.75) is 0 Å². The van der Waals surface area contributed by atoms with Gasteiger partial charge in [-0.3, -0.25) is 0 Å². The second-order valence-corrected chi connectivity index (χ2v) is 4.44. The van der Waals surface area contributed by atoms with E-state index in [0.29, 0.717) is 10.0 Å². The highest BCUT2D eigenvalue weighted by molar-refractivity contribution is 7.80. The van der Waals surface area contributed by atoms with Crippen LogP contribution in [0.15, 0.2) is 18.2 Å². The molecule has 3 nitrogen and oxygen atoms in total. The van der Waals surface area contributed by atoms with Crippen LogP contribution in [0.5, 0.6) is 0 Å². The number of ether oxygens (including phenoxy) is 1. The van der Waals surface area contributed by atoms with E-state index >= 15 is 0 Å². The minimum absolute atomic E-state index is 0.340. The minimum atomic E-state index is 0.340. The van der Waals surface area contributed by atoms with E-state index in [1.54, 1.807) is 6.07 Å². The summed E-state index contributed by atoms with van der Waals surface area (Å²) in [5, 5.41) is 0.608. The first kappa shape index (κ1) is 11.6. The maximum Gasteiger partial charge on any atom is 0.107 e. The highest BCUT2D eigenvalue weighted by Gasteiger charge is 2.17. The molecule has 0 saturated carbocycles. The van der Waals surface area contributed by atoms with Crippen molar-refractivity contribution in [3.8, 4) is 0 Å². The summed E-state index contributed by atoms with van der Waals surface area (Å²) in [6.07, 6.45) is 0. The largest absolute Gasteiger partial charge is 0.389 e. The Morgan fingerprint density at radius 3 is 2.69 bits per heavy atom. The summed E-state index contributed by atoms with van der Waals surface area (Å²) in [4.78, 5) is 2.54. The number of morpholine rings is 1. The van der Waals surface area contributed by atoms with Gasteiger partial charge in [-0.1, -0.05) is 29.9 Å². The fourth-order valence-electron chi connectivity index (χ4n) is 1.82. The number of hydrogen-bond acceptors (Lipinski definition) is 3. The highest BCUT2D eigenvalue weighted by Crippen LogP contribution is 2.27. The van der Waals surface area contributed by atoms with Gasteiger partial charge in [-0.15, -0.1) is 0 Å². The molecule has 1 aromatic rings. The lowest BCUT2D eigenvalue weighted by Gasteiger charge is -2.30. The van der Waals surface area contributed by atoms with Gasteiger partial charge in [-0.2, -0.15) is 0 Å². The molecule has 2 rings (SSSR count). The van der Waals surface area contributed by atoms with E-state index in [4.69, 9.17) is 34.3 Å². The maximum atomic E-state index is 6.12. The molecule has 1 aromatic carbocycles. The Kier molecular flexibility index (Phi) is 3.63. The fraction of sp³-hybridized carbons (Fsp3) is 0.364. The number of benzene rings is 1. The zero-order valence-corrected chi connectivity index (χ0v) is 10.4. The zero-order chi connectivity index (χ0) is 11.5. The van der Waals surface area contributed by atoms with E-state index in [2.05, 4.69) is 4.90 Å². The van der Waals surface area contributed by atoms with Gasteiger partial charge >= 0.3 is 0 Å². The summed E-state index contributed by atoms with van der Waals surface area (Å²) in [6, 6.07) is 5.71. The summed E-state index contributed by atoms with van der Waals surface area (Å²) in [5.74, 6) is 0. The molecule has 86 valence electrons. The standard InChI is InChI=1S/C11H13ClN2OS/c12-8-2-1-3-9(10(8)11(13)16)14-4-6-15-7-5-14/h1-3H,4-7H2,(H2,13,16). The van der Waals surface area contributed by atoms with Crippen molar-refractivity contribution in [2.75, 3.05) is 31.2 Å². The summed E-state index contributed by atoms with van der Waals surface area (Å²) in [6.45, 7) is 3.14. The van der Waals surface area contributed by atoms with Gasteiger partial charge in [-0.25, -0.2) is 0 Å². The van der Waals surface area contributed by atoms with Gasteiger partial charge in [0.15, 0.2) is 0 Å². The summed E-state index contributed by atoms with van der Waals surface area (Å²) < 4.78 is 5.31. The molecule has 0 unspecified atom stereocenters. The van der Waals surface area contributed by atoms with Crippen molar-refractivity contribution in [3.63, 3.8) is 0 Å². The van der Waals surface area contributed by atoms with E-state index in [1.165, 1.54) is 0 Å². The molecule has 0 amide bonds.